The third kappa shape index (κ3) is 1.16. The van der Waals surface area contributed by atoms with Gasteiger partial charge in [-0.15, -0.1) is 0 Å². The third-order valence-electron chi connectivity index (χ3n) is 5.72. The molecule has 0 aromatic heterocycles. The van der Waals surface area contributed by atoms with Gasteiger partial charge in [-0.1, -0.05) is 20.8 Å². The first-order valence-corrected chi connectivity index (χ1v) is 6.59. The molecular formula is C14H22O2. The van der Waals surface area contributed by atoms with Gasteiger partial charge in [0.15, 0.2) is 0 Å². The predicted molar refractivity (Wildman–Crippen MR) is 62.0 cm³/mol. The number of hydrogen-bond donors (Lipinski definition) is 1. The van der Waals surface area contributed by atoms with Gasteiger partial charge in [0.1, 0.15) is 0 Å². The van der Waals surface area contributed by atoms with Crippen LogP contribution in [0.15, 0.2) is 0 Å². The summed E-state index contributed by atoms with van der Waals surface area (Å²) in [6.45, 7) is 6.91. The first-order valence-electron chi connectivity index (χ1n) is 6.59. The van der Waals surface area contributed by atoms with Gasteiger partial charge in [0.25, 0.3) is 0 Å². The molecule has 0 aromatic rings. The van der Waals surface area contributed by atoms with Crippen molar-refractivity contribution in [2.45, 2.75) is 46.5 Å². The average molecular weight is 222 g/mol. The molecule has 2 nitrogen and oxygen atoms in total. The Morgan fingerprint density at radius 2 is 1.94 bits per heavy atom. The highest BCUT2D eigenvalue weighted by Gasteiger charge is 2.72. The first-order chi connectivity index (χ1) is 7.35. The SMILES string of the molecule is CC(C)(C)C1CC2CC3CC3(C(=O)O)C2C1. The zero-order valence-electron chi connectivity index (χ0n) is 10.5. The number of carbonyl (C=O) groups is 1. The van der Waals surface area contributed by atoms with Crippen LogP contribution in [0.5, 0.6) is 0 Å². The minimum absolute atomic E-state index is 0.273. The van der Waals surface area contributed by atoms with Crippen molar-refractivity contribution in [2.24, 2.45) is 34.5 Å². The van der Waals surface area contributed by atoms with Crippen molar-refractivity contribution >= 4 is 5.97 Å². The molecule has 90 valence electrons. The molecule has 0 radical (unpaired) electrons. The van der Waals surface area contributed by atoms with Crippen molar-refractivity contribution in [1.82, 2.24) is 0 Å². The molecule has 0 aromatic carbocycles. The zero-order chi connectivity index (χ0) is 11.7. The van der Waals surface area contributed by atoms with E-state index in [1.165, 1.54) is 12.8 Å². The molecule has 5 unspecified atom stereocenters. The van der Waals surface area contributed by atoms with Gasteiger partial charge in [0.2, 0.25) is 0 Å². The molecule has 0 saturated heterocycles. The molecule has 0 spiro atoms. The molecule has 1 N–H and O–H groups in total. The first kappa shape index (κ1) is 10.6. The van der Waals surface area contributed by atoms with E-state index in [1.807, 2.05) is 0 Å². The van der Waals surface area contributed by atoms with Crippen LogP contribution in [0, 0.1) is 34.5 Å². The zero-order valence-corrected chi connectivity index (χ0v) is 10.5. The van der Waals surface area contributed by atoms with E-state index in [1.54, 1.807) is 0 Å². The van der Waals surface area contributed by atoms with Crippen LogP contribution >= 0.6 is 0 Å². The van der Waals surface area contributed by atoms with E-state index < -0.39 is 5.97 Å². The smallest absolute Gasteiger partial charge is 0.310 e. The maximum absolute atomic E-state index is 11.5. The molecule has 3 fully saturated rings. The quantitative estimate of drug-likeness (QED) is 0.740. The van der Waals surface area contributed by atoms with Gasteiger partial charge < -0.3 is 5.11 Å². The van der Waals surface area contributed by atoms with Gasteiger partial charge in [-0.05, 0) is 54.8 Å². The fourth-order valence-electron chi connectivity index (χ4n) is 4.61. The Kier molecular flexibility index (Phi) is 1.88. The van der Waals surface area contributed by atoms with E-state index in [0.717, 1.165) is 24.7 Å². The van der Waals surface area contributed by atoms with Crippen molar-refractivity contribution in [3.8, 4) is 0 Å². The molecule has 0 heterocycles. The Hall–Kier alpha value is -0.530. The van der Waals surface area contributed by atoms with Crippen LogP contribution in [-0.2, 0) is 4.79 Å². The summed E-state index contributed by atoms with van der Waals surface area (Å²) in [6.07, 6.45) is 4.61. The summed E-state index contributed by atoms with van der Waals surface area (Å²) in [4.78, 5) is 11.5. The fraction of sp³-hybridized carbons (Fsp3) is 0.929. The summed E-state index contributed by atoms with van der Waals surface area (Å²) in [5.74, 6) is 1.99. The van der Waals surface area contributed by atoms with E-state index in [0.29, 0.717) is 17.3 Å². The minimum Gasteiger partial charge on any atom is -0.481 e. The van der Waals surface area contributed by atoms with Gasteiger partial charge in [0, 0.05) is 0 Å². The Labute approximate surface area is 97.4 Å². The normalized spacial score (nSPS) is 49.9. The Balaban J connectivity index is 1.82. The Morgan fingerprint density at radius 1 is 1.25 bits per heavy atom. The monoisotopic (exact) mass is 222 g/mol. The van der Waals surface area contributed by atoms with Crippen molar-refractivity contribution in [3.05, 3.63) is 0 Å². The predicted octanol–water partition coefficient (Wildman–Crippen LogP) is 3.17. The number of carboxylic acid groups (broad SMARTS) is 1. The lowest BCUT2D eigenvalue weighted by molar-refractivity contribution is -0.145. The number of hydrogen-bond acceptors (Lipinski definition) is 1. The van der Waals surface area contributed by atoms with Crippen molar-refractivity contribution in [3.63, 3.8) is 0 Å². The van der Waals surface area contributed by atoms with Gasteiger partial charge in [-0.25, -0.2) is 0 Å². The van der Waals surface area contributed by atoms with Gasteiger partial charge in [-0.2, -0.15) is 0 Å². The van der Waals surface area contributed by atoms with Crippen LogP contribution in [0.3, 0.4) is 0 Å². The van der Waals surface area contributed by atoms with Crippen molar-refractivity contribution in [1.29, 1.82) is 0 Å². The van der Waals surface area contributed by atoms with Crippen LogP contribution in [0.25, 0.3) is 0 Å². The summed E-state index contributed by atoms with van der Waals surface area (Å²) in [6, 6.07) is 0. The largest absolute Gasteiger partial charge is 0.481 e. The van der Waals surface area contributed by atoms with Crippen LogP contribution in [0.1, 0.15) is 46.5 Å². The minimum atomic E-state index is -0.500. The Bertz CT molecular complexity index is 341. The summed E-state index contributed by atoms with van der Waals surface area (Å²) < 4.78 is 0. The average Bonchev–Trinajstić information content (AvgIpc) is 2.57. The van der Waals surface area contributed by atoms with Crippen LogP contribution in [0.4, 0.5) is 0 Å². The number of aliphatic carboxylic acids is 1. The lowest BCUT2D eigenvalue weighted by Crippen LogP contribution is -2.25. The van der Waals surface area contributed by atoms with E-state index in [9.17, 15) is 9.90 Å². The lowest BCUT2D eigenvalue weighted by atomic mass is 9.77. The van der Waals surface area contributed by atoms with Crippen molar-refractivity contribution in [2.75, 3.05) is 0 Å². The number of fused-ring (bicyclic) bond motifs is 3. The molecule has 3 aliphatic carbocycles. The highest BCUT2D eigenvalue weighted by Crippen LogP contribution is 2.73. The maximum Gasteiger partial charge on any atom is 0.310 e. The van der Waals surface area contributed by atoms with Gasteiger partial charge in [-0.3, -0.25) is 4.79 Å². The second kappa shape index (κ2) is 2.83. The van der Waals surface area contributed by atoms with Crippen LogP contribution in [0.2, 0.25) is 0 Å². The van der Waals surface area contributed by atoms with Gasteiger partial charge in [0.05, 0.1) is 5.41 Å². The molecule has 0 bridgehead atoms. The van der Waals surface area contributed by atoms with Crippen molar-refractivity contribution < 1.29 is 9.90 Å². The van der Waals surface area contributed by atoms with E-state index >= 15 is 0 Å². The second-order valence-electron chi connectivity index (χ2n) is 7.38. The standard InChI is InChI=1S/C14H22O2/c1-13(2,3)9-4-8-5-10-7-14(10,12(15)16)11(8)6-9/h8-11H,4-7H2,1-3H3,(H,15,16). The number of carboxylic acids is 1. The molecule has 3 rings (SSSR count). The van der Waals surface area contributed by atoms with Gasteiger partial charge >= 0.3 is 5.97 Å². The summed E-state index contributed by atoms with van der Waals surface area (Å²) >= 11 is 0. The lowest BCUT2D eigenvalue weighted by Gasteiger charge is -2.28. The molecule has 5 atom stereocenters. The number of rotatable bonds is 1. The molecule has 3 saturated carbocycles. The van der Waals surface area contributed by atoms with E-state index in [4.69, 9.17) is 0 Å². The highest BCUT2D eigenvalue weighted by atomic mass is 16.4. The molecular weight excluding hydrogens is 200 g/mol. The second-order valence-corrected chi connectivity index (χ2v) is 7.38. The Morgan fingerprint density at radius 3 is 2.50 bits per heavy atom. The fourth-order valence-corrected chi connectivity index (χ4v) is 4.61. The van der Waals surface area contributed by atoms with Crippen LogP contribution in [-0.4, -0.2) is 11.1 Å². The molecule has 3 aliphatic rings. The molecule has 2 heteroatoms. The molecule has 0 amide bonds. The van der Waals surface area contributed by atoms with Crippen LogP contribution < -0.4 is 0 Å². The molecule has 0 aliphatic heterocycles. The van der Waals surface area contributed by atoms with E-state index in [-0.39, 0.29) is 5.41 Å². The summed E-state index contributed by atoms with van der Waals surface area (Å²) in [5.41, 5.74) is 0.0824. The van der Waals surface area contributed by atoms with E-state index in [2.05, 4.69) is 20.8 Å². The maximum atomic E-state index is 11.5. The topological polar surface area (TPSA) is 37.3 Å². The summed E-state index contributed by atoms with van der Waals surface area (Å²) in [5, 5.41) is 9.45. The molecule has 16 heavy (non-hydrogen) atoms. The summed E-state index contributed by atoms with van der Waals surface area (Å²) in [7, 11) is 0. The third-order valence-corrected chi connectivity index (χ3v) is 5.72. The highest BCUT2D eigenvalue weighted by molar-refractivity contribution is 5.80.